The summed E-state index contributed by atoms with van der Waals surface area (Å²) in [5, 5.41) is 3.98. The lowest BCUT2D eigenvalue weighted by Gasteiger charge is -2.32. The van der Waals surface area contributed by atoms with Crippen LogP contribution in [0.4, 0.5) is 4.39 Å². The zero-order chi connectivity index (χ0) is 17.9. The maximum atomic E-state index is 13.0. The van der Waals surface area contributed by atoms with Crippen LogP contribution >= 0.6 is 0 Å². The molecule has 2 fully saturated rings. The predicted molar refractivity (Wildman–Crippen MR) is 90.8 cm³/mol. The van der Waals surface area contributed by atoms with Gasteiger partial charge >= 0.3 is 0 Å². The molecule has 1 aliphatic heterocycles. The zero-order valence-corrected chi connectivity index (χ0v) is 14.6. The molecule has 6 nitrogen and oxygen atoms in total. The fourth-order valence-corrected chi connectivity index (χ4v) is 3.21. The van der Waals surface area contributed by atoms with Crippen LogP contribution in [0.15, 0.2) is 28.8 Å². The summed E-state index contributed by atoms with van der Waals surface area (Å²) in [6.45, 7) is 1.57. The smallest absolute Gasteiger partial charge is 0.252 e. The van der Waals surface area contributed by atoms with Crippen LogP contribution < -0.4 is 0 Å². The van der Waals surface area contributed by atoms with Gasteiger partial charge < -0.3 is 14.2 Å². The molecule has 1 saturated carbocycles. The summed E-state index contributed by atoms with van der Waals surface area (Å²) < 4.78 is 24.1. The molecule has 2 aliphatic rings. The second kappa shape index (κ2) is 7.53. The number of carbonyl (C=O) groups excluding carboxylic acids is 1. The average Bonchev–Trinajstić information content (AvgIpc) is 3.40. The minimum Gasteiger partial charge on any atom is -0.367 e. The number of rotatable bonds is 6. The molecule has 1 aliphatic carbocycles. The van der Waals surface area contributed by atoms with Crippen LogP contribution in [0.25, 0.3) is 0 Å². The molecular weight excluding hydrogens is 337 g/mol. The number of halogens is 1. The molecule has 1 atom stereocenters. The third-order valence-corrected chi connectivity index (χ3v) is 4.87. The quantitative estimate of drug-likeness (QED) is 0.793. The number of benzene rings is 1. The zero-order valence-electron chi connectivity index (χ0n) is 14.6. The minimum absolute atomic E-state index is 0.0304. The maximum absolute atomic E-state index is 13.0. The van der Waals surface area contributed by atoms with E-state index in [0.717, 1.165) is 43.6 Å². The number of carbonyl (C=O) groups is 1. The highest BCUT2D eigenvalue weighted by molar-refractivity contribution is 5.78. The monoisotopic (exact) mass is 359 g/mol. The van der Waals surface area contributed by atoms with E-state index in [1.54, 1.807) is 12.1 Å². The Morgan fingerprint density at radius 1 is 1.27 bits per heavy atom. The highest BCUT2D eigenvalue weighted by Crippen LogP contribution is 2.38. The molecule has 7 heteroatoms. The predicted octanol–water partition coefficient (Wildman–Crippen LogP) is 2.84. The fourth-order valence-electron chi connectivity index (χ4n) is 3.21. The van der Waals surface area contributed by atoms with E-state index < -0.39 is 0 Å². The van der Waals surface area contributed by atoms with Gasteiger partial charge in [0.05, 0.1) is 12.5 Å². The van der Waals surface area contributed by atoms with Gasteiger partial charge in [0.1, 0.15) is 12.4 Å². The van der Waals surface area contributed by atoms with Gasteiger partial charge in [-0.3, -0.25) is 4.79 Å². The van der Waals surface area contributed by atoms with Crippen LogP contribution in [0.3, 0.4) is 0 Å². The number of hydrogen-bond donors (Lipinski definition) is 0. The van der Waals surface area contributed by atoms with Crippen molar-refractivity contribution in [2.24, 2.45) is 0 Å². The highest BCUT2D eigenvalue weighted by Gasteiger charge is 2.29. The van der Waals surface area contributed by atoms with Crippen LogP contribution in [-0.4, -0.2) is 40.1 Å². The lowest BCUT2D eigenvalue weighted by Crippen LogP contribution is -2.43. The van der Waals surface area contributed by atoms with E-state index in [4.69, 9.17) is 9.26 Å². The van der Waals surface area contributed by atoms with E-state index in [-0.39, 0.29) is 30.9 Å². The van der Waals surface area contributed by atoms with E-state index in [9.17, 15) is 9.18 Å². The van der Waals surface area contributed by atoms with Crippen LogP contribution in [0.2, 0.25) is 0 Å². The molecule has 138 valence electrons. The van der Waals surface area contributed by atoms with Gasteiger partial charge in [0.25, 0.3) is 5.89 Å². The van der Waals surface area contributed by atoms with Gasteiger partial charge in [-0.05, 0) is 43.4 Å². The van der Waals surface area contributed by atoms with E-state index in [0.29, 0.717) is 18.4 Å². The van der Waals surface area contributed by atoms with Gasteiger partial charge in [0.2, 0.25) is 5.91 Å². The van der Waals surface area contributed by atoms with Gasteiger partial charge in [0.15, 0.2) is 5.82 Å². The van der Waals surface area contributed by atoms with E-state index in [1.165, 1.54) is 12.1 Å². The van der Waals surface area contributed by atoms with Crippen molar-refractivity contribution in [1.29, 1.82) is 0 Å². The van der Waals surface area contributed by atoms with Crippen LogP contribution in [-0.2, 0) is 22.6 Å². The summed E-state index contributed by atoms with van der Waals surface area (Å²) in [4.78, 5) is 18.7. The summed E-state index contributed by atoms with van der Waals surface area (Å²) in [5.74, 6) is 1.49. The van der Waals surface area contributed by atoms with E-state index >= 15 is 0 Å². The average molecular weight is 359 g/mol. The molecule has 1 unspecified atom stereocenters. The van der Waals surface area contributed by atoms with Crippen molar-refractivity contribution >= 4 is 5.91 Å². The number of piperidine rings is 1. The normalized spacial score (nSPS) is 20.3. The number of amides is 1. The molecule has 1 aromatic carbocycles. The molecule has 0 N–H and O–H groups in total. The Bertz CT molecular complexity index is 758. The number of ether oxygens (including phenoxy) is 1. The van der Waals surface area contributed by atoms with E-state index in [1.807, 2.05) is 4.90 Å². The molecule has 0 bridgehead atoms. The first-order valence-corrected chi connectivity index (χ1v) is 9.13. The Morgan fingerprint density at radius 3 is 2.85 bits per heavy atom. The Kier molecular flexibility index (Phi) is 4.97. The Hall–Kier alpha value is -2.28. The Labute approximate surface area is 151 Å². The molecule has 26 heavy (non-hydrogen) atoms. The van der Waals surface area contributed by atoms with Crippen LogP contribution in [0.1, 0.15) is 48.9 Å². The Balaban J connectivity index is 1.27. The molecule has 1 saturated heterocycles. The van der Waals surface area contributed by atoms with Crippen molar-refractivity contribution in [3.63, 3.8) is 0 Å². The summed E-state index contributed by atoms with van der Waals surface area (Å²) in [6, 6.07) is 6.06. The summed E-state index contributed by atoms with van der Waals surface area (Å²) in [5.41, 5.74) is 0.818. The minimum atomic E-state index is -0.293. The first-order valence-electron chi connectivity index (χ1n) is 9.13. The lowest BCUT2D eigenvalue weighted by molar-refractivity contribution is -0.135. The number of likely N-dealkylation sites (tertiary alicyclic amines) is 1. The van der Waals surface area contributed by atoms with Gasteiger partial charge in [-0.15, -0.1) is 0 Å². The molecule has 0 radical (unpaired) electrons. The standard InChI is InChI=1S/C19H22FN3O3/c20-15-7-3-13(4-8-15)10-18(24)23-9-1-2-16(11-23)25-12-17-21-19(22-26-17)14-5-6-14/h3-4,7-8,14,16H,1-2,5-6,9-12H2. The van der Waals surface area contributed by atoms with Crippen molar-refractivity contribution in [2.75, 3.05) is 13.1 Å². The van der Waals surface area contributed by atoms with Gasteiger partial charge in [-0.2, -0.15) is 4.98 Å². The van der Waals surface area contributed by atoms with Crippen molar-refractivity contribution in [2.45, 2.75) is 50.7 Å². The molecule has 0 spiro atoms. The third-order valence-electron chi connectivity index (χ3n) is 4.87. The van der Waals surface area contributed by atoms with Gasteiger partial charge in [-0.25, -0.2) is 4.39 Å². The SMILES string of the molecule is O=C(Cc1ccc(F)cc1)N1CCCC(OCc2nc(C3CC3)no2)C1. The first kappa shape index (κ1) is 17.1. The topological polar surface area (TPSA) is 68.5 Å². The third kappa shape index (κ3) is 4.27. The summed E-state index contributed by atoms with van der Waals surface area (Å²) in [7, 11) is 0. The number of hydrogen-bond acceptors (Lipinski definition) is 5. The molecule has 4 rings (SSSR count). The molecule has 1 aromatic heterocycles. The van der Waals surface area contributed by atoms with Crippen molar-refractivity contribution < 1.29 is 18.4 Å². The maximum Gasteiger partial charge on any atom is 0.252 e. The van der Waals surface area contributed by atoms with Crippen molar-refractivity contribution in [3.8, 4) is 0 Å². The van der Waals surface area contributed by atoms with Gasteiger partial charge in [-0.1, -0.05) is 17.3 Å². The molecule has 2 aromatic rings. The van der Waals surface area contributed by atoms with Crippen molar-refractivity contribution in [1.82, 2.24) is 15.0 Å². The molecule has 1 amide bonds. The lowest BCUT2D eigenvalue weighted by atomic mass is 10.1. The fraction of sp³-hybridized carbons (Fsp3) is 0.526. The van der Waals surface area contributed by atoms with E-state index in [2.05, 4.69) is 10.1 Å². The second-order valence-electron chi connectivity index (χ2n) is 7.04. The van der Waals surface area contributed by atoms with Crippen LogP contribution in [0.5, 0.6) is 0 Å². The Morgan fingerprint density at radius 2 is 2.08 bits per heavy atom. The second-order valence-corrected chi connectivity index (χ2v) is 7.04. The highest BCUT2D eigenvalue weighted by atomic mass is 19.1. The largest absolute Gasteiger partial charge is 0.367 e. The number of nitrogens with zero attached hydrogens (tertiary/aromatic N) is 3. The summed E-state index contributed by atoms with van der Waals surface area (Å²) >= 11 is 0. The molecular formula is C19H22FN3O3. The van der Waals surface area contributed by atoms with Gasteiger partial charge in [0, 0.05) is 19.0 Å². The molecule has 2 heterocycles. The number of aromatic nitrogens is 2. The first-order chi connectivity index (χ1) is 12.7. The summed E-state index contributed by atoms with van der Waals surface area (Å²) in [6.07, 6.45) is 4.32. The van der Waals surface area contributed by atoms with Crippen LogP contribution in [0, 0.1) is 5.82 Å². The van der Waals surface area contributed by atoms with Crippen molar-refractivity contribution in [3.05, 3.63) is 47.4 Å².